The zero-order valence-electron chi connectivity index (χ0n) is 14.5. The van der Waals surface area contributed by atoms with Crippen LogP contribution in [0.15, 0.2) is 17.0 Å². The normalized spacial score (nSPS) is 21.3. The highest BCUT2D eigenvalue weighted by molar-refractivity contribution is 7.89. The Balaban J connectivity index is 1.77. The van der Waals surface area contributed by atoms with Gasteiger partial charge >= 0.3 is 0 Å². The molecule has 0 unspecified atom stereocenters. The summed E-state index contributed by atoms with van der Waals surface area (Å²) in [5.74, 6) is 0.861. The maximum atomic E-state index is 13.1. The molecule has 1 saturated heterocycles. The fraction of sp³-hybridized carbons (Fsp3) is 0.667. The highest BCUT2D eigenvalue weighted by Crippen LogP contribution is 2.30. The average Bonchev–Trinajstić information content (AvgIpc) is 3.30. The molecule has 0 radical (unpaired) electrons. The van der Waals surface area contributed by atoms with E-state index in [1.54, 1.807) is 4.31 Å². The molecule has 1 aliphatic carbocycles. The molecule has 1 aromatic rings. The molecular formula is C18H28N2O2S. The van der Waals surface area contributed by atoms with Crippen LogP contribution in [0.5, 0.6) is 0 Å². The van der Waals surface area contributed by atoms with E-state index in [2.05, 4.69) is 4.90 Å². The van der Waals surface area contributed by atoms with E-state index in [1.165, 1.54) is 12.8 Å². The van der Waals surface area contributed by atoms with E-state index in [1.807, 2.05) is 32.9 Å². The summed E-state index contributed by atoms with van der Waals surface area (Å²) in [7, 11) is -3.38. The lowest BCUT2D eigenvalue weighted by Gasteiger charge is -2.23. The number of benzene rings is 1. The van der Waals surface area contributed by atoms with E-state index < -0.39 is 10.0 Å². The van der Waals surface area contributed by atoms with Crippen LogP contribution in [-0.4, -0.2) is 50.3 Å². The van der Waals surface area contributed by atoms with Crippen molar-refractivity contribution in [3.05, 3.63) is 28.8 Å². The fourth-order valence-electron chi connectivity index (χ4n) is 3.39. The van der Waals surface area contributed by atoms with E-state index in [4.69, 9.17) is 0 Å². The Morgan fingerprint density at radius 2 is 1.65 bits per heavy atom. The van der Waals surface area contributed by atoms with Crippen molar-refractivity contribution in [2.45, 2.75) is 44.9 Å². The van der Waals surface area contributed by atoms with Gasteiger partial charge in [-0.2, -0.15) is 4.31 Å². The first kappa shape index (κ1) is 16.9. The molecule has 0 amide bonds. The van der Waals surface area contributed by atoms with E-state index in [0.717, 1.165) is 48.7 Å². The summed E-state index contributed by atoms with van der Waals surface area (Å²) < 4.78 is 27.8. The summed E-state index contributed by atoms with van der Waals surface area (Å²) in [6.45, 7) is 10.2. The van der Waals surface area contributed by atoms with Crippen LogP contribution < -0.4 is 0 Å². The predicted molar refractivity (Wildman–Crippen MR) is 93.2 cm³/mol. The van der Waals surface area contributed by atoms with Crippen LogP contribution in [0, 0.1) is 26.7 Å². The lowest BCUT2D eigenvalue weighted by atomic mass is 10.1. The predicted octanol–water partition coefficient (Wildman–Crippen LogP) is 2.72. The third-order valence-electron chi connectivity index (χ3n) is 5.17. The minimum absolute atomic E-state index is 0.483. The Bertz CT molecular complexity index is 681. The van der Waals surface area contributed by atoms with Gasteiger partial charge in [-0.1, -0.05) is 6.07 Å². The van der Waals surface area contributed by atoms with Crippen molar-refractivity contribution in [2.24, 2.45) is 5.92 Å². The van der Waals surface area contributed by atoms with Gasteiger partial charge in [-0.05, 0) is 75.3 Å². The van der Waals surface area contributed by atoms with Gasteiger partial charge in [0.1, 0.15) is 0 Å². The van der Waals surface area contributed by atoms with Crippen molar-refractivity contribution in [2.75, 3.05) is 32.7 Å². The number of rotatable bonds is 4. The Morgan fingerprint density at radius 3 is 2.35 bits per heavy atom. The summed E-state index contributed by atoms with van der Waals surface area (Å²) in [5, 5.41) is 0. The summed E-state index contributed by atoms with van der Waals surface area (Å²) in [6.07, 6.45) is 3.62. The highest BCUT2D eigenvalue weighted by atomic mass is 32.2. The first-order chi connectivity index (χ1) is 10.9. The zero-order chi connectivity index (χ0) is 16.6. The van der Waals surface area contributed by atoms with Crippen molar-refractivity contribution < 1.29 is 8.42 Å². The smallest absolute Gasteiger partial charge is 0.243 e. The molecule has 1 saturated carbocycles. The second-order valence-electron chi connectivity index (χ2n) is 7.20. The minimum Gasteiger partial charge on any atom is -0.302 e. The molecule has 0 aromatic heterocycles. The van der Waals surface area contributed by atoms with Crippen LogP contribution in [0.25, 0.3) is 0 Å². The number of hydrogen-bond acceptors (Lipinski definition) is 3. The van der Waals surface area contributed by atoms with Crippen LogP contribution in [0.3, 0.4) is 0 Å². The summed E-state index contributed by atoms with van der Waals surface area (Å²) >= 11 is 0. The van der Waals surface area contributed by atoms with Gasteiger partial charge in [0.25, 0.3) is 0 Å². The molecule has 23 heavy (non-hydrogen) atoms. The quantitative estimate of drug-likeness (QED) is 0.849. The number of sulfonamides is 1. The number of hydrogen-bond donors (Lipinski definition) is 0. The summed E-state index contributed by atoms with van der Waals surface area (Å²) in [6, 6.07) is 3.83. The summed E-state index contributed by atoms with van der Waals surface area (Å²) in [4.78, 5) is 2.93. The van der Waals surface area contributed by atoms with Gasteiger partial charge in [-0.3, -0.25) is 0 Å². The maximum absolute atomic E-state index is 13.1. The third-order valence-corrected chi connectivity index (χ3v) is 7.21. The molecule has 2 aliphatic rings. The molecule has 0 atom stereocenters. The van der Waals surface area contributed by atoms with Crippen LogP contribution in [0.4, 0.5) is 0 Å². The highest BCUT2D eigenvalue weighted by Gasteiger charge is 2.30. The van der Waals surface area contributed by atoms with Gasteiger partial charge < -0.3 is 4.90 Å². The second kappa shape index (κ2) is 6.54. The van der Waals surface area contributed by atoms with Gasteiger partial charge in [0.2, 0.25) is 10.0 Å². The van der Waals surface area contributed by atoms with Crippen LogP contribution in [0.2, 0.25) is 0 Å². The van der Waals surface area contributed by atoms with Crippen LogP contribution in [-0.2, 0) is 10.0 Å². The molecule has 0 N–H and O–H groups in total. The molecule has 5 heteroatoms. The SMILES string of the molecule is Cc1cc(C)c(S(=O)(=O)N2CCCN(CC3CC3)CC2)cc1C. The van der Waals surface area contributed by atoms with Gasteiger partial charge in [-0.25, -0.2) is 8.42 Å². The molecule has 2 fully saturated rings. The van der Waals surface area contributed by atoms with E-state index in [0.29, 0.717) is 18.0 Å². The Hall–Kier alpha value is -0.910. The standard InChI is InChI=1S/C18H28N2O2S/c1-14-11-16(3)18(12-15(14)2)23(21,22)20-8-4-7-19(9-10-20)13-17-5-6-17/h11-12,17H,4-10,13H2,1-3H3. The van der Waals surface area contributed by atoms with Gasteiger partial charge in [0, 0.05) is 26.2 Å². The number of aryl methyl sites for hydroxylation is 3. The Morgan fingerprint density at radius 1 is 0.957 bits per heavy atom. The molecule has 0 bridgehead atoms. The lowest BCUT2D eigenvalue weighted by Crippen LogP contribution is -2.36. The van der Waals surface area contributed by atoms with Crippen molar-refractivity contribution in [3.8, 4) is 0 Å². The molecule has 4 nitrogen and oxygen atoms in total. The molecule has 0 spiro atoms. The minimum atomic E-state index is -3.38. The van der Waals surface area contributed by atoms with Gasteiger partial charge in [-0.15, -0.1) is 0 Å². The zero-order valence-corrected chi connectivity index (χ0v) is 15.3. The van der Waals surface area contributed by atoms with Crippen LogP contribution >= 0.6 is 0 Å². The van der Waals surface area contributed by atoms with Crippen molar-refractivity contribution >= 4 is 10.0 Å². The molecule has 1 aliphatic heterocycles. The van der Waals surface area contributed by atoms with Crippen LogP contribution in [0.1, 0.15) is 36.0 Å². The lowest BCUT2D eigenvalue weighted by molar-refractivity contribution is 0.275. The molecule has 3 rings (SSSR count). The molecule has 1 aromatic carbocycles. The largest absolute Gasteiger partial charge is 0.302 e. The van der Waals surface area contributed by atoms with Crippen molar-refractivity contribution in [1.29, 1.82) is 0 Å². The number of nitrogens with zero attached hydrogens (tertiary/aromatic N) is 2. The molecule has 1 heterocycles. The topological polar surface area (TPSA) is 40.6 Å². The van der Waals surface area contributed by atoms with Gasteiger partial charge in [0.15, 0.2) is 0 Å². The monoisotopic (exact) mass is 336 g/mol. The van der Waals surface area contributed by atoms with Crippen molar-refractivity contribution in [3.63, 3.8) is 0 Å². The molecular weight excluding hydrogens is 308 g/mol. The average molecular weight is 337 g/mol. The van der Waals surface area contributed by atoms with E-state index >= 15 is 0 Å². The third kappa shape index (κ3) is 3.78. The summed E-state index contributed by atoms with van der Waals surface area (Å²) in [5.41, 5.74) is 3.04. The Kier molecular flexibility index (Phi) is 4.81. The Labute approximate surface area is 140 Å². The van der Waals surface area contributed by atoms with Crippen molar-refractivity contribution in [1.82, 2.24) is 9.21 Å². The fourth-order valence-corrected chi connectivity index (χ4v) is 5.15. The second-order valence-corrected chi connectivity index (χ2v) is 9.11. The molecule has 128 valence electrons. The maximum Gasteiger partial charge on any atom is 0.243 e. The first-order valence-electron chi connectivity index (χ1n) is 8.68. The van der Waals surface area contributed by atoms with E-state index in [-0.39, 0.29) is 0 Å². The van der Waals surface area contributed by atoms with Gasteiger partial charge in [0.05, 0.1) is 4.90 Å². The van der Waals surface area contributed by atoms with E-state index in [9.17, 15) is 8.42 Å². The first-order valence-corrected chi connectivity index (χ1v) is 10.1.